The van der Waals surface area contributed by atoms with E-state index in [2.05, 4.69) is 21.3 Å². The smallest absolute Gasteiger partial charge is 0.255 e. The summed E-state index contributed by atoms with van der Waals surface area (Å²) in [7, 11) is 0. The van der Waals surface area contributed by atoms with Gasteiger partial charge < -0.3 is 10.6 Å². The van der Waals surface area contributed by atoms with E-state index in [9.17, 15) is 18.8 Å². The lowest BCUT2D eigenvalue weighted by atomic mass is 9.85. The van der Waals surface area contributed by atoms with E-state index in [1.165, 1.54) is 23.2 Å². The molecule has 1 aromatic carbocycles. The fourth-order valence-corrected chi connectivity index (χ4v) is 5.37. The molecule has 3 aliphatic heterocycles. The maximum atomic E-state index is 14.6. The molecular weight excluding hydrogens is 451 g/mol. The second kappa shape index (κ2) is 9.07. The molecule has 2 saturated heterocycles. The number of carbonyl (C=O) groups excluding carboxylic acids is 3. The number of hydrogen-bond acceptors (Lipinski definition) is 7. The number of anilines is 1. The largest absolute Gasteiger partial charge is 0.383 e. The summed E-state index contributed by atoms with van der Waals surface area (Å²) in [6.45, 7) is 2.30. The summed E-state index contributed by atoms with van der Waals surface area (Å²) in [6.07, 6.45) is 3.44. The van der Waals surface area contributed by atoms with E-state index in [0.29, 0.717) is 23.5 Å². The van der Waals surface area contributed by atoms with Crippen LogP contribution < -0.4 is 11.1 Å². The topological polar surface area (TPSA) is 132 Å². The van der Waals surface area contributed by atoms with Gasteiger partial charge in [0, 0.05) is 36.8 Å². The first kappa shape index (κ1) is 22.9. The van der Waals surface area contributed by atoms with Gasteiger partial charge in [-0.25, -0.2) is 9.37 Å². The number of aromatic nitrogens is 1. The van der Waals surface area contributed by atoms with Crippen LogP contribution in [0.25, 0.3) is 0 Å². The van der Waals surface area contributed by atoms with Crippen molar-refractivity contribution in [3.63, 3.8) is 0 Å². The van der Waals surface area contributed by atoms with Crippen LogP contribution in [0.3, 0.4) is 0 Å². The summed E-state index contributed by atoms with van der Waals surface area (Å²) in [5.74, 6) is -1.18. The van der Waals surface area contributed by atoms with E-state index < -0.39 is 17.8 Å². The lowest BCUT2D eigenvalue weighted by molar-refractivity contribution is -0.136. The number of fused-ring (bicyclic) bond motifs is 1. The van der Waals surface area contributed by atoms with Crippen LogP contribution in [0, 0.1) is 17.1 Å². The van der Waals surface area contributed by atoms with Gasteiger partial charge in [0.1, 0.15) is 23.7 Å². The van der Waals surface area contributed by atoms with Crippen molar-refractivity contribution in [1.29, 1.82) is 5.26 Å². The standard InChI is InChI=1S/C25H25FN6O3/c26-17-8-18(15-3-5-31(6-4-15)12-16-7-14(10-27)11-29-23(16)28)20-13-32(25(35)19(20)9-17)21-1-2-22(33)30-24(21)34/h7-9,11,15,21H,1-6,12-13H2,(H2,28,29)(H,30,33,34). The monoisotopic (exact) mass is 476 g/mol. The summed E-state index contributed by atoms with van der Waals surface area (Å²) < 4.78 is 14.6. The number of halogens is 1. The third-order valence-corrected chi connectivity index (χ3v) is 7.21. The molecule has 180 valence electrons. The Morgan fingerprint density at radius 1 is 1.17 bits per heavy atom. The summed E-state index contributed by atoms with van der Waals surface area (Å²) in [4.78, 5) is 44.7. The van der Waals surface area contributed by atoms with Crippen molar-refractivity contribution in [1.82, 2.24) is 20.1 Å². The Morgan fingerprint density at radius 2 is 1.94 bits per heavy atom. The normalized spacial score (nSPS) is 21.1. The van der Waals surface area contributed by atoms with E-state index in [1.54, 1.807) is 6.07 Å². The summed E-state index contributed by atoms with van der Waals surface area (Å²) in [5.41, 5.74) is 9.15. The molecule has 3 amide bonds. The number of rotatable bonds is 4. The summed E-state index contributed by atoms with van der Waals surface area (Å²) in [5, 5.41) is 11.4. The number of nitrogens with zero attached hydrogens (tertiary/aromatic N) is 4. The Morgan fingerprint density at radius 3 is 2.66 bits per heavy atom. The minimum absolute atomic E-state index is 0.0751. The molecule has 35 heavy (non-hydrogen) atoms. The fraction of sp³-hybridized carbons (Fsp3) is 0.400. The molecule has 1 atom stereocenters. The first-order valence-corrected chi connectivity index (χ1v) is 11.7. The van der Waals surface area contributed by atoms with Gasteiger partial charge in [-0.1, -0.05) is 0 Å². The van der Waals surface area contributed by atoms with Gasteiger partial charge in [0.05, 0.1) is 5.56 Å². The Bertz CT molecular complexity index is 1260. The van der Waals surface area contributed by atoms with Gasteiger partial charge in [0.25, 0.3) is 5.91 Å². The molecule has 9 nitrogen and oxygen atoms in total. The molecular formula is C25H25FN6O3. The quantitative estimate of drug-likeness (QED) is 0.643. The van der Waals surface area contributed by atoms with Crippen molar-refractivity contribution in [3.8, 4) is 6.07 Å². The van der Waals surface area contributed by atoms with Crippen LogP contribution in [-0.4, -0.2) is 51.6 Å². The SMILES string of the molecule is N#Cc1cnc(N)c(CN2CCC(c3cc(F)cc4c3CN(C3CCC(=O)NC3=O)C4=O)CC2)c1. The lowest BCUT2D eigenvalue weighted by Gasteiger charge is -2.33. The van der Waals surface area contributed by atoms with Crippen molar-refractivity contribution < 1.29 is 18.8 Å². The number of pyridine rings is 1. The molecule has 4 heterocycles. The third-order valence-electron chi connectivity index (χ3n) is 7.21. The molecule has 3 N–H and O–H groups in total. The zero-order valence-corrected chi connectivity index (χ0v) is 19.1. The number of amides is 3. The Balaban J connectivity index is 1.31. The van der Waals surface area contributed by atoms with Crippen molar-refractivity contribution in [2.75, 3.05) is 18.8 Å². The van der Waals surface area contributed by atoms with Gasteiger partial charge in [-0.3, -0.25) is 24.6 Å². The van der Waals surface area contributed by atoms with E-state index in [0.717, 1.165) is 42.6 Å². The number of nitriles is 1. The van der Waals surface area contributed by atoms with E-state index >= 15 is 0 Å². The molecule has 2 fully saturated rings. The predicted molar refractivity (Wildman–Crippen MR) is 123 cm³/mol. The minimum atomic E-state index is -0.728. The van der Waals surface area contributed by atoms with Crippen molar-refractivity contribution in [2.45, 2.75) is 50.7 Å². The van der Waals surface area contributed by atoms with Crippen LogP contribution in [0.5, 0.6) is 0 Å². The van der Waals surface area contributed by atoms with Crippen molar-refractivity contribution in [2.24, 2.45) is 0 Å². The van der Waals surface area contributed by atoms with Crippen LogP contribution in [-0.2, 0) is 22.7 Å². The number of hydrogen-bond donors (Lipinski definition) is 2. The molecule has 3 aliphatic rings. The molecule has 1 aromatic heterocycles. The highest BCUT2D eigenvalue weighted by atomic mass is 19.1. The van der Waals surface area contributed by atoms with Crippen molar-refractivity contribution >= 4 is 23.5 Å². The molecule has 0 bridgehead atoms. The van der Waals surface area contributed by atoms with Gasteiger partial charge >= 0.3 is 0 Å². The van der Waals surface area contributed by atoms with E-state index in [-0.39, 0.29) is 37.1 Å². The molecule has 1 unspecified atom stereocenters. The van der Waals surface area contributed by atoms with Gasteiger partial charge in [0.2, 0.25) is 11.8 Å². The number of likely N-dealkylation sites (tertiary alicyclic amines) is 1. The predicted octanol–water partition coefficient (Wildman–Crippen LogP) is 1.82. The van der Waals surface area contributed by atoms with Crippen LogP contribution in [0.15, 0.2) is 24.4 Å². The van der Waals surface area contributed by atoms with E-state index in [1.807, 2.05) is 0 Å². The number of nitrogens with one attached hydrogen (secondary N) is 1. The zero-order chi connectivity index (χ0) is 24.7. The average molecular weight is 477 g/mol. The third kappa shape index (κ3) is 4.35. The maximum Gasteiger partial charge on any atom is 0.255 e. The average Bonchev–Trinajstić information content (AvgIpc) is 3.16. The first-order chi connectivity index (χ1) is 16.8. The maximum absolute atomic E-state index is 14.6. The van der Waals surface area contributed by atoms with Gasteiger partial charge in [0.15, 0.2) is 0 Å². The molecule has 0 radical (unpaired) electrons. The number of piperidine rings is 2. The molecule has 10 heteroatoms. The van der Waals surface area contributed by atoms with Crippen LogP contribution in [0.1, 0.15) is 64.2 Å². The van der Waals surface area contributed by atoms with E-state index in [4.69, 9.17) is 11.0 Å². The van der Waals surface area contributed by atoms with Crippen LogP contribution in [0.4, 0.5) is 10.2 Å². The highest BCUT2D eigenvalue weighted by Crippen LogP contribution is 2.38. The van der Waals surface area contributed by atoms with Gasteiger partial charge in [-0.2, -0.15) is 5.26 Å². The fourth-order valence-electron chi connectivity index (χ4n) is 5.37. The number of nitrogen functional groups attached to an aromatic ring is 1. The second-order valence-corrected chi connectivity index (χ2v) is 9.35. The lowest BCUT2D eigenvalue weighted by Crippen LogP contribution is -2.52. The molecule has 0 spiro atoms. The number of nitrogens with two attached hydrogens (primary N) is 1. The molecule has 0 saturated carbocycles. The number of carbonyl (C=O) groups is 3. The van der Waals surface area contributed by atoms with Crippen molar-refractivity contribution in [3.05, 3.63) is 58.0 Å². The summed E-state index contributed by atoms with van der Waals surface area (Å²) in [6, 6.07) is 5.87. The molecule has 0 aliphatic carbocycles. The zero-order valence-electron chi connectivity index (χ0n) is 19.1. The summed E-state index contributed by atoms with van der Waals surface area (Å²) >= 11 is 0. The Labute approximate surface area is 201 Å². The molecule has 5 rings (SSSR count). The Kier molecular flexibility index (Phi) is 5.94. The minimum Gasteiger partial charge on any atom is -0.383 e. The molecule has 2 aromatic rings. The number of benzene rings is 1. The Hall–Kier alpha value is -3.84. The van der Waals surface area contributed by atoms with Gasteiger partial charge in [-0.15, -0.1) is 0 Å². The highest BCUT2D eigenvalue weighted by molar-refractivity contribution is 6.05. The number of imide groups is 1. The first-order valence-electron chi connectivity index (χ1n) is 11.7. The van der Waals surface area contributed by atoms with Crippen LogP contribution in [0.2, 0.25) is 0 Å². The van der Waals surface area contributed by atoms with Crippen LogP contribution >= 0.6 is 0 Å². The highest BCUT2D eigenvalue weighted by Gasteiger charge is 2.41. The van der Waals surface area contributed by atoms with Gasteiger partial charge in [-0.05, 0) is 67.6 Å². The second-order valence-electron chi connectivity index (χ2n) is 9.35.